The third-order valence-corrected chi connectivity index (χ3v) is 13.3. The van der Waals surface area contributed by atoms with Crippen LogP contribution in [0.15, 0.2) is 59.0 Å². The van der Waals surface area contributed by atoms with Gasteiger partial charge in [-0.25, -0.2) is 0 Å². The summed E-state index contributed by atoms with van der Waals surface area (Å²) in [6.45, 7) is 0. The molecule has 224 valence electrons. The van der Waals surface area contributed by atoms with Gasteiger partial charge in [0.15, 0.2) is 0 Å². The number of benzene rings is 7. The molecular weight excluding hydrogens is 589 g/mol. The Bertz CT molecular complexity index is 2750. The third-order valence-electron chi connectivity index (χ3n) is 13.3. The molecule has 1 nitrogen and oxygen atoms in total. The van der Waals surface area contributed by atoms with Gasteiger partial charge in [-0.15, -0.1) is 38.2 Å². The maximum Gasteiger partial charge on any atom is 0.139 e. The molecule has 0 spiro atoms. The Morgan fingerprint density at radius 1 is 0.320 bits per heavy atom. The van der Waals surface area contributed by atoms with E-state index in [1.807, 2.05) is 0 Å². The quantitative estimate of drug-likeness (QED) is 0.138. The molecule has 8 rings (SSSR count). The van der Waals surface area contributed by atoms with Gasteiger partial charge in [0.2, 0.25) is 0 Å². The second-order valence-electron chi connectivity index (χ2n) is 15.3. The normalized spacial score (nSPS) is 11.8. The van der Waals surface area contributed by atoms with E-state index in [1.165, 1.54) is 136 Å². The molecule has 14 heteroatoms. The highest BCUT2D eigenvalue weighted by Crippen LogP contribution is 2.42. The van der Waals surface area contributed by atoms with Crippen molar-refractivity contribution >= 4 is 227 Å². The molecule has 0 aliphatic carbocycles. The molecule has 0 atom stereocenters. The zero-order valence-corrected chi connectivity index (χ0v) is 32.1. The first kappa shape index (κ1) is 33.1. The van der Waals surface area contributed by atoms with Gasteiger partial charge in [0, 0.05) is 10.8 Å². The second kappa shape index (κ2) is 11.5. The number of hydrogen-bond donors (Lipinski definition) is 0. The minimum Gasteiger partial charge on any atom is -0.456 e. The lowest BCUT2D eigenvalue weighted by Crippen LogP contribution is -2.55. The first-order valence-electron chi connectivity index (χ1n) is 18.1. The molecule has 50 heavy (non-hydrogen) atoms. The molecule has 0 amide bonds. The molecule has 0 unspecified atom stereocenters. The molecule has 0 saturated heterocycles. The van der Waals surface area contributed by atoms with Crippen LogP contribution in [-0.4, -0.2) is 102 Å². The van der Waals surface area contributed by atoms with E-state index in [9.17, 15) is 0 Å². The molecule has 1 aromatic heterocycles. The third kappa shape index (κ3) is 4.39. The molecule has 0 aliphatic rings. The molecule has 0 aliphatic heterocycles. The predicted octanol–water partition coefficient (Wildman–Crippen LogP) is -12.3. The SMILES string of the molecule is Bc1c(B)c(B)c(-c2c3c(B)c(B)c(B)c(B)c3c(-c3ccc4oc5cc6ccccc6cc5c4c3)c3c(B)c(B)c(B)c(B)c23)c(B)c1B. The minimum atomic E-state index is 0.931. The fourth-order valence-corrected chi connectivity index (χ4v) is 9.16. The zero-order chi connectivity index (χ0) is 35.7. The van der Waals surface area contributed by atoms with E-state index >= 15 is 0 Å². The summed E-state index contributed by atoms with van der Waals surface area (Å²) in [6.07, 6.45) is 0. The molecule has 7 aromatic carbocycles. The van der Waals surface area contributed by atoms with Crippen LogP contribution < -0.4 is 71.0 Å². The Morgan fingerprint density at radius 3 is 1.22 bits per heavy atom. The van der Waals surface area contributed by atoms with Crippen LogP contribution in [0, 0.1) is 0 Å². The van der Waals surface area contributed by atoms with E-state index in [1.54, 1.807) is 0 Å². The highest BCUT2D eigenvalue weighted by Gasteiger charge is 2.27. The van der Waals surface area contributed by atoms with Crippen LogP contribution in [0.2, 0.25) is 0 Å². The molecule has 0 N–H and O–H groups in total. The van der Waals surface area contributed by atoms with Gasteiger partial charge in [0.1, 0.15) is 113 Å². The van der Waals surface area contributed by atoms with E-state index < -0.39 is 0 Å². The van der Waals surface area contributed by atoms with Crippen molar-refractivity contribution in [3.8, 4) is 22.3 Å². The second-order valence-corrected chi connectivity index (χ2v) is 15.3. The summed E-state index contributed by atoms with van der Waals surface area (Å²) in [4.78, 5) is 0. The van der Waals surface area contributed by atoms with E-state index in [4.69, 9.17) is 4.42 Å². The molecule has 0 saturated carbocycles. The Labute approximate surface area is 307 Å². The van der Waals surface area contributed by atoms with Gasteiger partial charge >= 0.3 is 0 Å². The van der Waals surface area contributed by atoms with E-state index in [0.29, 0.717) is 0 Å². The molecule has 8 aromatic rings. The van der Waals surface area contributed by atoms with Crippen molar-refractivity contribution < 1.29 is 4.42 Å². The Balaban J connectivity index is 1.66. The van der Waals surface area contributed by atoms with Crippen LogP contribution in [0.5, 0.6) is 0 Å². The lowest BCUT2D eigenvalue weighted by atomic mass is 9.56. The smallest absolute Gasteiger partial charge is 0.139 e. The summed E-state index contributed by atoms with van der Waals surface area (Å²) in [7, 11) is 30.3. The Kier molecular flexibility index (Phi) is 7.61. The first-order valence-corrected chi connectivity index (χ1v) is 18.1. The van der Waals surface area contributed by atoms with Crippen molar-refractivity contribution in [3.05, 3.63) is 54.6 Å². The number of furan rings is 1. The highest BCUT2D eigenvalue weighted by atomic mass is 16.3. The average molecular weight is 624 g/mol. The standard InChI is InChI=1S/C36H35B13O/c37-24-19-17(12-5-6-15-13(8-12)14-7-10-3-1-2-4-11(10)9-16(14)50-15)20-22(27(40)33(46)31(44)25(20)38)18(21(19)26(39)32(45)30(24)43)23-28(41)34(47)36(49)35(48)29(23)42/h1-9H,37-49H2. The molecule has 1 heterocycles. The molecule has 0 fully saturated rings. The van der Waals surface area contributed by atoms with Gasteiger partial charge in [-0.3, -0.25) is 0 Å². The van der Waals surface area contributed by atoms with Crippen LogP contribution >= 0.6 is 0 Å². The van der Waals surface area contributed by atoms with Crippen molar-refractivity contribution in [2.24, 2.45) is 0 Å². The molecular formula is C36H35B13O. The van der Waals surface area contributed by atoms with Crippen molar-refractivity contribution in [1.29, 1.82) is 0 Å². The van der Waals surface area contributed by atoms with E-state index in [-0.39, 0.29) is 0 Å². The predicted molar refractivity (Wildman–Crippen MR) is 263 cm³/mol. The van der Waals surface area contributed by atoms with Gasteiger partial charge < -0.3 is 4.42 Å². The number of rotatable bonds is 2. The number of hydrogen-bond acceptors (Lipinski definition) is 1. The van der Waals surface area contributed by atoms with Crippen molar-refractivity contribution in [1.82, 2.24) is 0 Å². The van der Waals surface area contributed by atoms with Gasteiger partial charge in [0.05, 0.1) is 0 Å². The average Bonchev–Trinajstić information content (AvgIpc) is 3.47. The maximum atomic E-state index is 6.52. The van der Waals surface area contributed by atoms with Gasteiger partial charge in [-0.05, 0) is 78.8 Å². The van der Waals surface area contributed by atoms with Crippen molar-refractivity contribution in [2.75, 3.05) is 0 Å². The largest absolute Gasteiger partial charge is 0.456 e. The van der Waals surface area contributed by atoms with E-state index in [0.717, 1.165) is 11.2 Å². The summed E-state index contributed by atoms with van der Waals surface area (Å²) < 4.78 is 6.52. The van der Waals surface area contributed by atoms with Gasteiger partial charge in [-0.1, -0.05) is 63.1 Å². The zero-order valence-electron chi connectivity index (χ0n) is 32.1. The molecule has 0 radical (unpaired) electrons. The van der Waals surface area contributed by atoms with E-state index in [2.05, 4.69) is 157 Å². The maximum absolute atomic E-state index is 6.52. The lowest BCUT2D eigenvalue weighted by Gasteiger charge is -2.30. The topological polar surface area (TPSA) is 13.1 Å². The highest BCUT2D eigenvalue weighted by molar-refractivity contribution is 6.73. The van der Waals surface area contributed by atoms with Crippen LogP contribution in [-0.2, 0) is 0 Å². The van der Waals surface area contributed by atoms with Crippen LogP contribution in [0.4, 0.5) is 0 Å². The summed E-state index contributed by atoms with van der Waals surface area (Å²) in [5.74, 6) is 0. The monoisotopic (exact) mass is 626 g/mol. The fourth-order valence-electron chi connectivity index (χ4n) is 9.16. The summed E-state index contributed by atoms with van der Waals surface area (Å²) in [6, 6.07) is 20.0. The number of fused-ring (bicyclic) bond motifs is 6. The minimum absolute atomic E-state index is 0.931. The lowest BCUT2D eigenvalue weighted by molar-refractivity contribution is 0.669. The first-order chi connectivity index (χ1) is 23.7. The summed E-state index contributed by atoms with van der Waals surface area (Å²) in [5, 5.41) is 10.3. The van der Waals surface area contributed by atoms with Crippen LogP contribution in [0.25, 0.3) is 76.5 Å². The molecule has 0 bridgehead atoms. The van der Waals surface area contributed by atoms with Crippen molar-refractivity contribution in [3.63, 3.8) is 0 Å². The van der Waals surface area contributed by atoms with Gasteiger partial charge in [0.25, 0.3) is 0 Å². The summed E-state index contributed by atoms with van der Waals surface area (Å²) >= 11 is 0. The van der Waals surface area contributed by atoms with Crippen LogP contribution in [0.3, 0.4) is 0 Å². The van der Waals surface area contributed by atoms with Gasteiger partial charge in [-0.2, -0.15) is 0 Å². The van der Waals surface area contributed by atoms with Crippen LogP contribution in [0.1, 0.15) is 0 Å². The van der Waals surface area contributed by atoms with Crippen molar-refractivity contribution in [2.45, 2.75) is 0 Å². The Morgan fingerprint density at radius 2 is 0.720 bits per heavy atom. The Hall–Kier alpha value is -4.04. The summed E-state index contributed by atoms with van der Waals surface area (Å²) in [5.41, 5.74) is 25.3. The fraction of sp³-hybridized carbons (Fsp3) is 0.